The minimum absolute atomic E-state index is 0.242. The maximum Gasteiger partial charge on any atom is 0.339 e. The van der Waals surface area contributed by atoms with Gasteiger partial charge in [-0.15, -0.1) is 0 Å². The number of nitrogens with one attached hydrogen (secondary N) is 1. The zero-order valence-electron chi connectivity index (χ0n) is 16.9. The van der Waals surface area contributed by atoms with Crippen LogP contribution in [0, 0.1) is 25.7 Å². The Labute approximate surface area is 169 Å². The molecule has 1 N–H and O–H groups in total. The molecule has 156 valence electrons. The van der Waals surface area contributed by atoms with Gasteiger partial charge in [-0.1, -0.05) is 0 Å². The maximum absolute atomic E-state index is 12.4. The highest BCUT2D eigenvalue weighted by molar-refractivity contribution is 5.83. The Balaban J connectivity index is 1.56. The summed E-state index contributed by atoms with van der Waals surface area (Å²) in [5, 5.41) is 14.6. The van der Waals surface area contributed by atoms with Gasteiger partial charge in [0.15, 0.2) is 6.10 Å². The quantitative estimate of drug-likeness (QED) is 0.741. The van der Waals surface area contributed by atoms with Crippen LogP contribution in [0.2, 0.25) is 0 Å². The summed E-state index contributed by atoms with van der Waals surface area (Å²) >= 11 is 0. The van der Waals surface area contributed by atoms with E-state index in [1.807, 2.05) is 13.0 Å². The topological polar surface area (TPSA) is 109 Å². The number of carbonyl (C=O) groups excluding carboxylic acids is 2. The number of rotatable bonds is 6. The number of hydrogen-bond acceptors (Lipinski definition) is 6. The van der Waals surface area contributed by atoms with Crippen molar-refractivity contribution in [2.75, 3.05) is 6.54 Å². The van der Waals surface area contributed by atoms with Gasteiger partial charge in [-0.25, -0.2) is 4.79 Å². The molecular formula is C22H26NO6-. The van der Waals surface area contributed by atoms with Crippen molar-refractivity contribution in [2.24, 2.45) is 11.8 Å². The lowest BCUT2D eigenvalue weighted by molar-refractivity contribution is -0.312. The molecule has 0 saturated heterocycles. The highest BCUT2D eigenvalue weighted by atomic mass is 16.5. The molecule has 1 saturated carbocycles. The minimum Gasteiger partial charge on any atom is -0.550 e. The van der Waals surface area contributed by atoms with Crippen LogP contribution in [-0.2, 0) is 9.59 Å². The summed E-state index contributed by atoms with van der Waals surface area (Å²) < 4.78 is 11.0. The molecule has 3 rings (SSSR count). The van der Waals surface area contributed by atoms with Gasteiger partial charge in [0.05, 0.1) is 0 Å². The van der Waals surface area contributed by atoms with E-state index in [-0.39, 0.29) is 23.4 Å². The first-order valence-corrected chi connectivity index (χ1v) is 9.95. The normalized spacial score (nSPS) is 20.2. The molecule has 0 spiro atoms. The van der Waals surface area contributed by atoms with Crippen LogP contribution in [0.3, 0.4) is 0 Å². The number of fused-ring (bicyclic) bond motifs is 1. The van der Waals surface area contributed by atoms with Gasteiger partial charge >= 0.3 is 5.63 Å². The largest absolute Gasteiger partial charge is 0.550 e. The van der Waals surface area contributed by atoms with E-state index in [1.54, 1.807) is 26.0 Å². The Kier molecular flexibility index (Phi) is 6.25. The van der Waals surface area contributed by atoms with Crippen LogP contribution in [0.25, 0.3) is 11.0 Å². The Bertz CT molecular complexity index is 971. The number of amides is 1. The zero-order chi connectivity index (χ0) is 21.1. The van der Waals surface area contributed by atoms with E-state index in [0.717, 1.165) is 23.8 Å². The predicted molar refractivity (Wildman–Crippen MR) is 106 cm³/mol. The van der Waals surface area contributed by atoms with Crippen molar-refractivity contribution < 1.29 is 23.8 Å². The molecule has 1 fully saturated rings. The first kappa shape index (κ1) is 20.9. The molecule has 1 aliphatic carbocycles. The molecule has 1 aromatic heterocycles. The lowest BCUT2D eigenvalue weighted by Gasteiger charge is -2.29. The Hall–Kier alpha value is -2.83. The van der Waals surface area contributed by atoms with Crippen LogP contribution in [0.5, 0.6) is 5.75 Å². The van der Waals surface area contributed by atoms with Crippen LogP contribution in [0.4, 0.5) is 0 Å². The van der Waals surface area contributed by atoms with E-state index >= 15 is 0 Å². The number of benzene rings is 1. The summed E-state index contributed by atoms with van der Waals surface area (Å²) in [7, 11) is 0. The third kappa shape index (κ3) is 4.78. The number of carbonyl (C=O) groups is 2. The van der Waals surface area contributed by atoms with Crippen LogP contribution in [0.1, 0.15) is 43.7 Å². The lowest BCUT2D eigenvalue weighted by atomic mass is 9.82. The Morgan fingerprint density at radius 1 is 1.21 bits per heavy atom. The smallest absolute Gasteiger partial charge is 0.339 e. The molecule has 1 amide bonds. The van der Waals surface area contributed by atoms with E-state index in [2.05, 4.69) is 5.32 Å². The van der Waals surface area contributed by atoms with Crippen molar-refractivity contribution in [3.05, 3.63) is 39.7 Å². The number of aliphatic carboxylic acids is 1. The number of carboxylic acid groups (broad SMARTS) is 1. The molecule has 2 aromatic rings. The SMILES string of the molecule is Cc1c(C)c2ccc(O[C@H](C)C(=O)NCC3CCC(C(=O)[O-])CC3)cc2oc1=O. The van der Waals surface area contributed by atoms with Crippen LogP contribution >= 0.6 is 0 Å². The summed E-state index contributed by atoms with van der Waals surface area (Å²) in [5.74, 6) is -0.881. The third-order valence-electron chi connectivity index (χ3n) is 5.86. The second-order valence-corrected chi connectivity index (χ2v) is 7.84. The standard InChI is InChI=1S/C22H27NO6/c1-12-13(2)22(27)29-19-10-17(8-9-18(12)19)28-14(3)20(24)23-11-15-4-6-16(7-5-15)21(25)26/h8-10,14-16H,4-7,11H2,1-3H3,(H,23,24)(H,25,26)/p-1/t14-,15?,16?/m1/s1. The molecule has 1 aromatic carbocycles. The summed E-state index contributed by atoms with van der Waals surface area (Å²) in [5.41, 5.74) is 1.48. The van der Waals surface area contributed by atoms with Gasteiger partial charge in [-0.3, -0.25) is 4.79 Å². The lowest BCUT2D eigenvalue weighted by Crippen LogP contribution is -2.40. The van der Waals surface area contributed by atoms with Gasteiger partial charge in [-0.05, 0) is 76.0 Å². The van der Waals surface area contributed by atoms with E-state index in [9.17, 15) is 19.5 Å². The molecular weight excluding hydrogens is 374 g/mol. The average molecular weight is 400 g/mol. The predicted octanol–water partition coefficient (Wildman–Crippen LogP) is 1.85. The Morgan fingerprint density at radius 2 is 1.90 bits per heavy atom. The summed E-state index contributed by atoms with van der Waals surface area (Å²) in [6, 6.07) is 5.18. The third-order valence-corrected chi connectivity index (χ3v) is 5.86. The van der Waals surface area contributed by atoms with Crippen molar-refractivity contribution in [2.45, 2.75) is 52.6 Å². The zero-order valence-corrected chi connectivity index (χ0v) is 16.9. The van der Waals surface area contributed by atoms with Crippen molar-refractivity contribution >= 4 is 22.8 Å². The summed E-state index contributed by atoms with van der Waals surface area (Å²) in [4.78, 5) is 35.2. The summed E-state index contributed by atoms with van der Waals surface area (Å²) in [6.07, 6.45) is 1.99. The van der Waals surface area contributed by atoms with Crippen molar-refractivity contribution in [3.63, 3.8) is 0 Å². The molecule has 7 nitrogen and oxygen atoms in total. The van der Waals surface area contributed by atoms with Gasteiger partial charge in [0.25, 0.3) is 5.91 Å². The van der Waals surface area contributed by atoms with Gasteiger partial charge in [-0.2, -0.15) is 0 Å². The molecule has 1 atom stereocenters. The molecule has 0 bridgehead atoms. The van der Waals surface area contributed by atoms with Gasteiger partial charge in [0.1, 0.15) is 11.3 Å². The highest BCUT2D eigenvalue weighted by Crippen LogP contribution is 2.28. The Morgan fingerprint density at radius 3 is 2.55 bits per heavy atom. The van der Waals surface area contributed by atoms with E-state index in [4.69, 9.17) is 9.15 Å². The summed E-state index contributed by atoms with van der Waals surface area (Å²) in [6.45, 7) is 5.74. The van der Waals surface area contributed by atoms with Crippen molar-refractivity contribution in [3.8, 4) is 5.75 Å². The average Bonchev–Trinajstić information content (AvgIpc) is 2.70. The van der Waals surface area contributed by atoms with Crippen LogP contribution < -0.4 is 20.8 Å². The number of carboxylic acids is 1. The fraction of sp³-hybridized carbons (Fsp3) is 0.500. The van der Waals surface area contributed by atoms with E-state index in [1.165, 1.54) is 0 Å². The number of aryl methyl sites for hydroxylation is 1. The molecule has 0 unspecified atom stereocenters. The highest BCUT2D eigenvalue weighted by Gasteiger charge is 2.23. The number of ether oxygens (including phenoxy) is 1. The molecule has 1 heterocycles. The minimum atomic E-state index is -0.980. The number of hydrogen-bond donors (Lipinski definition) is 1. The fourth-order valence-electron chi connectivity index (χ4n) is 3.75. The second-order valence-electron chi connectivity index (χ2n) is 7.84. The van der Waals surface area contributed by atoms with Gasteiger partial charge in [0.2, 0.25) is 0 Å². The van der Waals surface area contributed by atoms with Crippen LogP contribution in [-0.4, -0.2) is 24.5 Å². The molecule has 29 heavy (non-hydrogen) atoms. The van der Waals surface area contributed by atoms with Gasteiger partial charge < -0.3 is 24.4 Å². The maximum atomic E-state index is 12.4. The molecule has 7 heteroatoms. The molecule has 0 radical (unpaired) electrons. The fourth-order valence-corrected chi connectivity index (χ4v) is 3.75. The van der Waals surface area contributed by atoms with E-state index in [0.29, 0.717) is 36.3 Å². The first-order valence-electron chi connectivity index (χ1n) is 9.95. The van der Waals surface area contributed by atoms with Crippen LogP contribution in [0.15, 0.2) is 27.4 Å². The second kappa shape index (κ2) is 8.68. The molecule has 1 aliphatic rings. The molecule has 0 aliphatic heterocycles. The van der Waals surface area contributed by atoms with Gasteiger partial charge in [0, 0.05) is 29.5 Å². The van der Waals surface area contributed by atoms with E-state index < -0.39 is 12.1 Å². The first-order chi connectivity index (χ1) is 13.8. The van der Waals surface area contributed by atoms with Crippen molar-refractivity contribution in [1.82, 2.24) is 5.32 Å². The van der Waals surface area contributed by atoms with Crippen molar-refractivity contribution in [1.29, 1.82) is 0 Å². The monoisotopic (exact) mass is 400 g/mol.